The number of aromatic nitrogens is 1. The zero-order valence-electron chi connectivity index (χ0n) is 6.28. The molecule has 0 radical (unpaired) electrons. The molecular formula is C6H4ClN3O2S. The quantitative estimate of drug-likeness (QED) is 0.800. The molecule has 0 unspecified atom stereocenters. The molecule has 0 aliphatic rings. The van der Waals surface area contributed by atoms with Gasteiger partial charge in [0.1, 0.15) is 10.4 Å². The van der Waals surface area contributed by atoms with Crippen molar-refractivity contribution < 1.29 is 9.53 Å². The highest BCUT2D eigenvalue weighted by Crippen LogP contribution is 2.28. The smallest absolute Gasteiger partial charge is 0.276 e. The summed E-state index contributed by atoms with van der Waals surface area (Å²) in [5.41, 5.74) is 4.92. The van der Waals surface area contributed by atoms with Gasteiger partial charge in [-0.2, -0.15) is 10.2 Å². The van der Waals surface area contributed by atoms with Crippen molar-refractivity contribution in [1.29, 1.82) is 5.26 Å². The third-order valence-electron chi connectivity index (χ3n) is 1.01. The van der Waals surface area contributed by atoms with E-state index in [4.69, 9.17) is 27.3 Å². The summed E-state index contributed by atoms with van der Waals surface area (Å²) in [6.07, 6.45) is 0. The Morgan fingerprint density at radius 3 is 3.00 bits per heavy atom. The molecule has 1 aromatic rings. The molecule has 0 spiro atoms. The molecule has 0 bridgehead atoms. The topological polar surface area (TPSA) is 89.0 Å². The zero-order valence-corrected chi connectivity index (χ0v) is 7.85. The van der Waals surface area contributed by atoms with Crippen LogP contribution in [0.2, 0.25) is 4.34 Å². The number of nitrogens with two attached hydrogens (primary N) is 1. The minimum absolute atomic E-state index is 0.0890. The lowest BCUT2D eigenvalue weighted by molar-refractivity contribution is -0.119. The van der Waals surface area contributed by atoms with Crippen LogP contribution in [0.5, 0.6) is 5.19 Å². The van der Waals surface area contributed by atoms with E-state index in [1.165, 1.54) is 0 Å². The van der Waals surface area contributed by atoms with Crippen molar-refractivity contribution in [3.05, 3.63) is 10.0 Å². The molecule has 13 heavy (non-hydrogen) atoms. The standard InChI is InChI=1S/C6H4ClN3O2S/c7-5-3(1-8)10-6(13-5)12-2-4(9)11/h2H2,(H2,9,11). The van der Waals surface area contributed by atoms with Gasteiger partial charge in [-0.25, -0.2) is 0 Å². The average molecular weight is 218 g/mol. The molecule has 0 aromatic carbocycles. The van der Waals surface area contributed by atoms with Crippen molar-refractivity contribution in [2.24, 2.45) is 5.73 Å². The highest BCUT2D eigenvalue weighted by Gasteiger charge is 2.09. The van der Waals surface area contributed by atoms with Crippen LogP contribution in [0.1, 0.15) is 5.69 Å². The Bertz CT molecular complexity index is 370. The maximum atomic E-state index is 10.3. The molecule has 0 atom stereocenters. The minimum Gasteiger partial charge on any atom is -0.460 e. The number of hydrogen-bond acceptors (Lipinski definition) is 5. The molecule has 1 rings (SSSR count). The number of carbonyl (C=O) groups excluding carboxylic acids is 1. The van der Waals surface area contributed by atoms with Gasteiger partial charge in [0.25, 0.3) is 11.1 Å². The second-order valence-electron chi connectivity index (χ2n) is 1.97. The molecule has 5 nitrogen and oxygen atoms in total. The highest BCUT2D eigenvalue weighted by molar-refractivity contribution is 7.17. The van der Waals surface area contributed by atoms with Crippen LogP contribution < -0.4 is 10.5 Å². The molecule has 0 fully saturated rings. The summed E-state index contributed by atoms with van der Waals surface area (Å²) in [7, 11) is 0. The molecule has 1 heterocycles. The van der Waals surface area contributed by atoms with Crippen LogP contribution in [0.4, 0.5) is 0 Å². The van der Waals surface area contributed by atoms with Gasteiger partial charge in [0.2, 0.25) is 0 Å². The van der Waals surface area contributed by atoms with E-state index in [0.717, 1.165) is 11.3 Å². The normalized spacial score (nSPS) is 9.23. The predicted octanol–water partition coefficient (Wildman–Crippen LogP) is 0.532. The third-order valence-corrected chi connectivity index (χ3v) is 2.18. The fourth-order valence-corrected chi connectivity index (χ4v) is 1.43. The minimum atomic E-state index is -0.607. The molecule has 0 aliphatic heterocycles. The number of nitriles is 1. The summed E-state index contributed by atoms with van der Waals surface area (Å²) >= 11 is 6.58. The van der Waals surface area contributed by atoms with Crippen LogP contribution in [-0.4, -0.2) is 17.5 Å². The number of halogens is 1. The summed E-state index contributed by atoms with van der Waals surface area (Å²) < 4.78 is 5.07. The maximum absolute atomic E-state index is 10.3. The van der Waals surface area contributed by atoms with Crippen molar-refractivity contribution in [3.63, 3.8) is 0 Å². The van der Waals surface area contributed by atoms with Crippen LogP contribution >= 0.6 is 22.9 Å². The second-order valence-corrected chi connectivity index (χ2v) is 3.53. The first-order valence-corrected chi connectivity index (χ1v) is 4.30. The number of rotatable bonds is 3. The van der Waals surface area contributed by atoms with Gasteiger partial charge in [-0.05, 0) is 0 Å². The van der Waals surface area contributed by atoms with E-state index in [1.807, 2.05) is 0 Å². The Labute approximate surface area is 82.7 Å². The Balaban J connectivity index is 2.69. The molecule has 1 amide bonds. The lowest BCUT2D eigenvalue weighted by Crippen LogP contribution is -2.19. The Morgan fingerprint density at radius 2 is 2.54 bits per heavy atom. The second kappa shape index (κ2) is 4.07. The first-order valence-electron chi connectivity index (χ1n) is 3.11. The molecular weight excluding hydrogens is 214 g/mol. The maximum Gasteiger partial charge on any atom is 0.276 e. The zero-order chi connectivity index (χ0) is 9.84. The van der Waals surface area contributed by atoms with Gasteiger partial charge in [0.15, 0.2) is 12.3 Å². The van der Waals surface area contributed by atoms with Crippen LogP contribution in [0.25, 0.3) is 0 Å². The SMILES string of the molecule is N#Cc1nc(OCC(N)=O)sc1Cl. The number of carbonyl (C=O) groups is 1. The van der Waals surface area contributed by atoms with E-state index in [1.54, 1.807) is 6.07 Å². The highest BCUT2D eigenvalue weighted by atomic mass is 35.5. The van der Waals surface area contributed by atoms with Gasteiger partial charge in [0, 0.05) is 0 Å². The van der Waals surface area contributed by atoms with Crippen molar-refractivity contribution in [2.45, 2.75) is 0 Å². The average Bonchev–Trinajstić information content (AvgIpc) is 2.43. The first kappa shape index (κ1) is 9.77. The van der Waals surface area contributed by atoms with Gasteiger partial charge >= 0.3 is 0 Å². The lowest BCUT2D eigenvalue weighted by Gasteiger charge is -1.95. The van der Waals surface area contributed by atoms with Gasteiger partial charge in [-0.15, -0.1) is 0 Å². The van der Waals surface area contributed by atoms with Crippen LogP contribution in [0.15, 0.2) is 0 Å². The van der Waals surface area contributed by atoms with Crippen LogP contribution in [0, 0.1) is 11.3 Å². The molecule has 1 aromatic heterocycles. The Hall–Kier alpha value is -1.32. The van der Waals surface area contributed by atoms with E-state index < -0.39 is 5.91 Å². The van der Waals surface area contributed by atoms with Crippen molar-refractivity contribution in [1.82, 2.24) is 4.98 Å². The van der Waals surface area contributed by atoms with Gasteiger partial charge in [-0.1, -0.05) is 22.9 Å². The fourth-order valence-electron chi connectivity index (χ4n) is 0.547. The van der Waals surface area contributed by atoms with Gasteiger partial charge in [-0.3, -0.25) is 4.79 Å². The first-order chi connectivity index (χ1) is 6.13. The largest absolute Gasteiger partial charge is 0.460 e. The fraction of sp³-hybridized carbons (Fsp3) is 0.167. The molecule has 0 saturated carbocycles. The number of hydrogen-bond donors (Lipinski definition) is 1. The van der Waals surface area contributed by atoms with Crippen LogP contribution in [0.3, 0.4) is 0 Å². The summed E-state index contributed by atoms with van der Waals surface area (Å²) in [5, 5.41) is 8.64. The number of thiazole rings is 1. The van der Waals surface area contributed by atoms with E-state index in [9.17, 15) is 4.79 Å². The molecule has 0 saturated heterocycles. The number of ether oxygens (including phenoxy) is 1. The Morgan fingerprint density at radius 1 is 1.85 bits per heavy atom. The number of primary amides is 1. The predicted molar refractivity (Wildman–Crippen MR) is 46.5 cm³/mol. The lowest BCUT2D eigenvalue weighted by atomic mass is 10.6. The molecule has 68 valence electrons. The van der Waals surface area contributed by atoms with E-state index in [2.05, 4.69) is 4.98 Å². The third kappa shape index (κ3) is 2.57. The summed E-state index contributed by atoms with van der Waals surface area (Å²) in [5.74, 6) is -0.607. The Kier molecular flexibility index (Phi) is 3.06. The summed E-state index contributed by atoms with van der Waals surface area (Å²) in [4.78, 5) is 14.0. The van der Waals surface area contributed by atoms with Crippen molar-refractivity contribution >= 4 is 28.8 Å². The van der Waals surface area contributed by atoms with Crippen molar-refractivity contribution in [2.75, 3.05) is 6.61 Å². The summed E-state index contributed by atoms with van der Waals surface area (Å²) in [6.45, 7) is -0.269. The number of amides is 1. The molecule has 0 aliphatic carbocycles. The van der Waals surface area contributed by atoms with Gasteiger partial charge < -0.3 is 10.5 Å². The van der Waals surface area contributed by atoms with Gasteiger partial charge in [0.05, 0.1) is 0 Å². The number of nitrogens with zero attached hydrogens (tertiary/aromatic N) is 2. The summed E-state index contributed by atoms with van der Waals surface area (Å²) in [6, 6.07) is 1.77. The monoisotopic (exact) mass is 217 g/mol. The molecule has 7 heteroatoms. The van der Waals surface area contributed by atoms with Crippen molar-refractivity contribution in [3.8, 4) is 11.3 Å². The molecule has 2 N–H and O–H groups in total. The van der Waals surface area contributed by atoms with E-state index >= 15 is 0 Å². The van der Waals surface area contributed by atoms with E-state index in [-0.39, 0.29) is 21.8 Å². The van der Waals surface area contributed by atoms with Crippen LogP contribution in [-0.2, 0) is 4.79 Å². The van der Waals surface area contributed by atoms with E-state index in [0.29, 0.717) is 0 Å².